The predicted octanol–water partition coefficient (Wildman–Crippen LogP) is 0.0636. The van der Waals surface area contributed by atoms with E-state index in [0.29, 0.717) is 5.82 Å². The maximum absolute atomic E-state index is 12.0. The van der Waals surface area contributed by atoms with Gasteiger partial charge in [0, 0.05) is 44.6 Å². The summed E-state index contributed by atoms with van der Waals surface area (Å²) >= 11 is 0. The second kappa shape index (κ2) is 6.52. The summed E-state index contributed by atoms with van der Waals surface area (Å²) in [6.45, 7) is 4.03. The fourth-order valence-corrected chi connectivity index (χ4v) is 2.35. The third-order valence-electron chi connectivity index (χ3n) is 3.61. The summed E-state index contributed by atoms with van der Waals surface area (Å²) in [4.78, 5) is 24.8. The van der Waals surface area contributed by atoms with Crippen LogP contribution in [-0.2, 0) is 11.3 Å². The van der Waals surface area contributed by atoms with Gasteiger partial charge in [0.2, 0.25) is 5.91 Å². The standard InChI is InChI=1S/C14H19N7O/c1-19-5-7-20(8-6-19)13-9-12(15-11-16-13)18-14(22)10-21-4-2-3-17-21/h2-4,9,11H,5-8,10H2,1H3,(H,15,16,18,22). The molecule has 1 fully saturated rings. The number of piperazine rings is 1. The van der Waals surface area contributed by atoms with Crippen molar-refractivity contribution >= 4 is 17.5 Å². The normalized spacial score (nSPS) is 15.8. The highest BCUT2D eigenvalue weighted by molar-refractivity contribution is 5.89. The molecule has 8 nitrogen and oxygen atoms in total. The highest BCUT2D eigenvalue weighted by Crippen LogP contribution is 2.15. The zero-order valence-corrected chi connectivity index (χ0v) is 12.5. The van der Waals surface area contributed by atoms with E-state index in [2.05, 4.69) is 37.2 Å². The lowest BCUT2D eigenvalue weighted by molar-refractivity contribution is -0.116. The van der Waals surface area contributed by atoms with Gasteiger partial charge in [0.25, 0.3) is 0 Å². The summed E-state index contributed by atoms with van der Waals surface area (Å²) in [6.07, 6.45) is 4.87. The van der Waals surface area contributed by atoms with Crippen LogP contribution in [0.15, 0.2) is 30.9 Å². The molecule has 0 saturated carbocycles. The van der Waals surface area contributed by atoms with Crippen molar-refractivity contribution in [2.24, 2.45) is 0 Å². The van der Waals surface area contributed by atoms with Gasteiger partial charge in [0.1, 0.15) is 24.5 Å². The van der Waals surface area contributed by atoms with E-state index < -0.39 is 0 Å². The summed E-state index contributed by atoms with van der Waals surface area (Å²) in [5.41, 5.74) is 0. The van der Waals surface area contributed by atoms with Crippen LogP contribution < -0.4 is 10.2 Å². The number of amides is 1. The van der Waals surface area contributed by atoms with Crippen molar-refractivity contribution in [2.75, 3.05) is 43.4 Å². The number of hydrogen-bond acceptors (Lipinski definition) is 6. The van der Waals surface area contributed by atoms with E-state index in [1.54, 1.807) is 23.1 Å². The molecule has 22 heavy (non-hydrogen) atoms. The minimum absolute atomic E-state index is 0.160. The third-order valence-corrected chi connectivity index (χ3v) is 3.61. The lowest BCUT2D eigenvalue weighted by Crippen LogP contribution is -2.44. The third kappa shape index (κ3) is 3.59. The van der Waals surface area contributed by atoms with Gasteiger partial charge in [-0.1, -0.05) is 0 Å². The van der Waals surface area contributed by atoms with Crippen LogP contribution in [0.3, 0.4) is 0 Å². The number of aromatic nitrogens is 4. The Labute approximate surface area is 128 Å². The van der Waals surface area contributed by atoms with Crippen LogP contribution in [0.25, 0.3) is 0 Å². The van der Waals surface area contributed by atoms with E-state index in [-0.39, 0.29) is 12.5 Å². The first kappa shape index (κ1) is 14.5. The number of rotatable bonds is 4. The number of carbonyl (C=O) groups is 1. The first-order chi connectivity index (χ1) is 10.7. The highest BCUT2D eigenvalue weighted by Gasteiger charge is 2.16. The first-order valence-corrected chi connectivity index (χ1v) is 7.23. The lowest BCUT2D eigenvalue weighted by Gasteiger charge is -2.33. The molecule has 1 saturated heterocycles. The van der Waals surface area contributed by atoms with Gasteiger partial charge in [-0.15, -0.1) is 0 Å². The van der Waals surface area contributed by atoms with Crippen LogP contribution in [0.2, 0.25) is 0 Å². The van der Waals surface area contributed by atoms with E-state index in [1.807, 2.05) is 6.07 Å². The molecule has 1 amide bonds. The van der Waals surface area contributed by atoms with Crippen molar-refractivity contribution in [3.8, 4) is 0 Å². The average molecular weight is 301 g/mol. The van der Waals surface area contributed by atoms with Crippen LogP contribution in [0.4, 0.5) is 11.6 Å². The van der Waals surface area contributed by atoms with Crippen molar-refractivity contribution in [1.82, 2.24) is 24.6 Å². The minimum Gasteiger partial charge on any atom is -0.354 e. The van der Waals surface area contributed by atoms with Crippen LogP contribution >= 0.6 is 0 Å². The second-order valence-corrected chi connectivity index (χ2v) is 5.30. The van der Waals surface area contributed by atoms with Crippen LogP contribution in [0.1, 0.15) is 0 Å². The van der Waals surface area contributed by atoms with E-state index in [9.17, 15) is 4.79 Å². The topological polar surface area (TPSA) is 79.2 Å². The maximum Gasteiger partial charge on any atom is 0.247 e. The van der Waals surface area contributed by atoms with Crippen LogP contribution in [0.5, 0.6) is 0 Å². The lowest BCUT2D eigenvalue weighted by atomic mass is 10.3. The smallest absolute Gasteiger partial charge is 0.247 e. The molecule has 0 radical (unpaired) electrons. The van der Waals surface area contributed by atoms with E-state index in [1.165, 1.54) is 6.33 Å². The summed E-state index contributed by atoms with van der Waals surface area (Å²) in [7, 11) is 2.11. The molecular weight excluding hydrogens is 282 g/mol. The number of anilines is 2. The molecule has 0 spiro atoms. The molecule has 3 rings (SSSR count). The van der Waals surface area contributed by atoms with Crippen molar-refractivity contribution in [3.05, 3.63) is 30.9 Å². The van der Waals surface area contributed by atoms with Crippen molar-refractivity contribution in [1.29, 1.82) is 0 Å². The summed E-state index contributed by atoms with van der Waals surface area (Å²) in [5.74, 6) is 1.20. The molecule has 2 aromatic rings. The van der Waals surface area contributed by atoms with Gasteiger partial charge in [-0.3, -0.25) is 9.48 Å². The zero-order chi connectivity index (χ0) is 15.4. The van der Waals surface area contributed by atoms with Gasteiger partial charge in [0.15, 0.2) is 0 Å². The van der Waals surface area contributed by atoms with Gasteiger partial charge < -0.3 is 15.1 Å². The van der Waals surface area contributed by atoms with Gasteiger partial charge in [-0.25, -0.2) is 9.97 Å². The van der Waals surface area contributed by atoms with Crippen molar-refractivity contribution < 1.29 is 4.79 Å². The van der Waals surface area contributed by atoms with E-state index in [4.69, 9.17) is 0 Å². The second-order valence-electron chi connectivity index (χ2n) is 5.30. The van der Waals surface area contributed by atoms with Crippen LogP contribution in [-0.4, -0.2) is 63.8 Å². The van der Waals surface area contributed by atoms with E-state index >= 15 is 0 Å². The Morgan fingerprint density at radius 1 is 1.27 bits per heavy atom. The summed E-state index contributed by atoms with van der Waals surface area (Å²) < 4.78 is 1.57. The molecule has 3 heterocycles. The molecule has 1 aliphatic rings. The van der Waals surface area contributed by atoms with Gasteiger partial charge in [-0.2, -0.15) is 5.10 Å². The molecule has 1 aliphatic heterocycles. The quantitative estimate of drug-likeness (QED) is 0.860. The monoisotopic (exact) mass is 301 g/mol. The van der Waals surface area contributed by atoms with Crippen molar-refractivity contribution in [2.45, 2.75) is 6.54 Å². The fraction of sp³-hybridized carbons (Fsp3) is 0.429. The van der Waals surface area contributed by atoms with Gasteiger partial charge in [0.05, 0.1) is 0 Å². The molecule has 2 aromatic heterocycles. The van der Waals surface area contributed by atoms with Gasteiger partial charge in [-0.05, 0) is 13.1 Å². The molecule has 116 valence electrons. The highest BCUT2D eigenvalue weighted by atomic mass is 16.2. The fourth-order valence-electron chi connectivity index (χ4n) is 2.35. The average Bonchev–Trinajstić information content (AvgIpc) is 3.01. The Kier molecular flexibility index (Phi) is 4.29. The minimum atomic E-state index is -0.160. The SMILES string of the molecule is CN1CCN(c2cc(NC(=O)Cn3cccn3)ncn2)CC1. The first-order valence-electron chi connectivity index (χ1n) is 7.23. The molecule has 0 aliphatic carbocycles. The molecular formula is C14H19N7O. The molecule has 0 bridgehead atoms. The molecule has 0 atom stereocenters. The number of carbonyl (C=O) groups excluding carboxylic acids is 1. The molecule has 0 unspecified atom stereocenters. The Hall–Kier alpha value is -2.48. The zero-order valence-electron chi connectivity index (χ0n) is 12.5. The van der Waals surface area contributed by atoms with Crippen LogP contribution in [0, 0.1) is 0 Å². The number of likely N-dealkylation sites (N-methyl/N-ethyl adjacent to an activating group) is 1. The van der Waals surface area contributed by atoms with E-state index in [0.717, 1.165) is 32.0 Å². The largest absolute Gasteiger partial charge is 0.354 e. The molecule has 8 heteroatoms. The molecule has 1 N–H and O–H groups in total. The molecule has 0 aromatic carbocycles. The number of hydrogen-bond donors (Lipinski definition) is 1. The number of nitrogens with zero attached hydrogens (tertiary/aromatic N) is 6. The Morgan fingerprint density at radius 2 is 2.09 bits per heavy atom. The van der Waals surface area contributed by atoms with Gasteiger partial charge >= 0.3 is 0 Å². The summed E-state index contributed by atoms with van der Waals surface area (Å²) in [5, 5.41) is 6.79. The maximum atomic E-state index is 12.0. The Balaban J connectivity index is 1.62. The predicted molar refractivity (Wildman–Crippen MR) is 82.6 cm³/mol. The number of nitrogens with one attached hydrogen (secondary N) is 1. The Bertz CT molecular complexity index is 620. The van der Waals surface area contributed by atoms with Crippen molar-refractivity contribution in [3.63, 3.8) is 0 Å². The summed E-state index contributed by atoms with van der Waals surface area (Å²) in [6, 6.07) is 3.59. The Morgan fingerprint density at radius 3 is 2.82 bits per heavy atom.